The summed E-state index contributed by atoms with van der Waals surface area (Å²) >= 11 is 1.48. The van der Waals surface area contributed by atoms with Crippen LogP contribution in [0.25, 0.3) is 17.4 Å². The average molecular weight is 463 g/mol. The van der Waals surface area contributed by atoms with Gasteiger partial charge in [0.1, 0.15) is 5.75 Å². The molecule has 0 saturated carbocycles. The van der Waals surface area contributed by atoms with Gasteiger partial charge in [0.25, 0.3) is 0 Å². The molecule has 0 N–H and O–H groups in total. The second-order valence-electron chi connectivity index (χ2n) is 6.71. The van der Waals surface area contributed by atoms with Crippen molar-refractivity contribution in [1.29, 1.82) is 0 Å². The van der Waals surface area contributed by atoms with Crippen molar-refractivity contribution in [3.05, 3.63) is 70.9 Å². The molecule has 0 fully saturated rings. The highest BCUT2D eigenvalue weighted by Gasteiger charge is 2.30. The Labute approximate surface area is 187 Å². The van der Waals surface area contributed by atoms with E-state index in [4.69, 9.17) is 9.26 Å². The number of aromatic nitrogens is 1. The molecule has 32 heavy (non-hydrogen) atoms. The first kappa shape index (κ1) is 23.5. The van der Waals surface area contributed by atoms with Crippen LogP contribution in [0, 0.1) is 6.92 Å². The molecular formula is C23H20F3NO4S. The fraction of sp³-hybridized carbons (Fsp3) is 0.217. The van der Waals surface area contributed by atoms with Gasteiger partial charge in [-0.25, -0.2) is 4.79 Å². The number of rotatable bonds is 7. The summed E-state index contributed by atoms with van der Waals surface area (Å²) in [6, 6.07) is 10.3. The van der Waals surface area contributed by atoms with Crippen LogP contribution in [0.4, 0.5) is 13.2 Å². The number of ether oxygens (including phenoxy) is 2. The van der Waals surface area contributed by atoms with Crippen LogP contribution in [-0.2, 0) is 21.5 Å². The Morgan fingerprint density at radius 2 is 1.88 bits per heavy atom. The van der Waals surface area contributed by atoms with E-state index in [0.29, 0.717) is 28.5 Å². The van der Waals surface area contributed by atoms with Crippen LogP contribution in [0.1, 0.15) is 22.4 Å². The molecule has 0 aliphatic carbocycles. The maximum atomic E-state index is 12.8. The molecule has 5 nitrogen and oxygen atoms in total. The third-order valence-electron chi connectivity index (χ3n) is 4.66. The predicted molar refractivity (Wildman–Crippen MR) is 115 cm³/mol. The van der Waals surface area contributed by atoms with Gasteiger partial charge in [0.05, 0.1) is 25.5 Å². The van der Waals surface area contributed by atoms with Crippen molar-refractivity contribution >= 4 is 23.8 Å². The SMILES string of the molecule is COC(=O)C=Cc1ccc(SCc2noc(-c3ccc(C(F)(F)F)cc3)c2C)c(OC)c1. The van der Waals surface area contributed by atoms with Crippen molar-refractivity contribution in [3.63, 3.8) is 0 Å². The molecule has 2 aromatic carbocycles. The molecular weight excluding hydrogens is 443 g/mol. The number of benzene rings is 2. The quantitative estimate of drug-likeness (QED) is 0.238. The van der Waals surface area contributed by atoms with Gasteiger partial charge in [-0.3, -0.25) is 0 Å². The minimum absolute atomic E-state index is 0.435. The summed E-state index contributed by atoms with van der Waals surface area (Å²) in [7, 11) is 2.86. The normalized spacial score (nSPS) is 11.7. The highest BCUT2D eigenvalue weighted by molar-refractivity contribution is 7.98. The van der Waals surface area contributed by atoms with Gasteiger partial charge >= 0.3 is 12.1 Å². The van der Waals surface area contributed by atoms with Crippen molar-refractivity contribution in [2.24, 2.45) is 0 Å². The summed E-state index contributed by atoms with van der Waals surface area (Å²) < 4.78 is 53.8. The Balaban J connectivity index is 1.73. The van der Waals surface area contributed by atoms with Crippen LogP contribution in [0.2, 0.25) is 0 Å². The molecule has 0 amide bonds. The van der Waals surface area contributed by atoms with Gasteiger partial charge in [-0.15, -0.1) is 11.8 Å². The number of nitrogens with zero attached hydrogens (tertiary/aromatic N) is 1. The van der Waals surface area contributed by atoms with Gasteiger partial charge in [-0.1, -0.05) is 23.4 Å². The Morgan fingerprint density at radius 3 is 2.50 bits per heavy atom. The number of carbonyl (C=O) groups excluding carboxylic acids is 1. The van der Waals surface area contributed by atoms with Crippen LogP contribution in [-0.4, -0.2) is 25.3 Å². The molecule has 0 aliphatic heterocycles. The van der Waals surface area contributed by atoms with Crippen molar-refractivity contribution in [3.8, 4) is 17.1 Å². The van der Waals surface area contributed by atoms with Crippen molar-refractivity contribution in [2.75, 3.05) is 14.2 Å². The monoisotopic (exact) mass is 463 g/mol. The second-order valence-corrected chi connectivity index (χ2v) is 7.73. The molecule has 0 radical (unpaired) electrons. The van der Waals surface area contributed by atoms with E-state index in [1.165, 1.54) is 37.1 Å². The first-order valence-electron chi connectivity index (χ1n) is 9.42. The molecule has 9 heteroatoms. The van der Waals surface area contributed by atoms with Crippen LogP contribution in [0.5, 0.6) is 5.75 Å². The van der Waals surface area contributed by atoms with Gasteiger partial charge in [0.2, 0.25) is 0 Å². The lowest BCUT2D eigenvalue weighted by Crippen LogP contribution is -2.03. The van der Waals surface area contributed by atoms with Crippen LogP contribution >= 0.6 is 11.8 Å². The zero-order valence-corrected chi connectivity index (χ0v) is 18.3. The number of carbonyl (C=O) groups is 1. The Morgan fingerprint density at radius 1 is 1.16 bits per heavy atom. The van der Waals surface area contributed by atoms with E-state index in [-0.39, 0.29) is 0 Å². The highest BCUT2D eigenvalue weighted by atomic mass is 32.2. The molecule has 1 aromatic heterocycles. The minimum Gasteiger partial charge on any atom is -0.496 e. The number of esters is 1. The van der Waals surface area contributed by atoms with Gasteiger partial charge in [-0.05, 0) is 42.8 Å². The molecule has 168 valence electrons. The van der Waals surface area contributed by atoms with E-state index in [1.807, 2.05) is 19.1 Å². The molecule has 3 rings (SSSR count). The molecule has 0 saturated heterocycles. The number of methoxy groups -OCH3 is 2. The largest absolute Gasteiger partial charge is 0.496 e. The Kier molecular flexibility index (Phi) is 7.29. The van der Waals surface area contributed by atoms with Crippen molar-refractivity contribution in [1.82, 2.24) is 5.16 Å². The van der Waals surface area contributed by atoms with E-state index in [1.54, 1.807) is 19.3 Å². The number of thioether (sulfide) groups is 1. The van der Waals surface area contributed by atoms with E-state index in [0.717, 1.165) is 28.2 Å². The second kappa shape index (κ2) is 9.95. The maximum Gasteiger partial charge on any atom is 0.416 e. The van der Waals surface area contributed by atoms with Crippen molar-refractivity contribution < 1.29 is 32.0 Å². The molecule has 0 aliphatic rings. The third kappa shape index (κ3) is 5.53. The highest BCUT2D eigenvalue weighted by Crippen LogP contribution is 2.36. The summed E-state index contributed by atoms with van der Waals surface area (Å²) in [5.41, 5.74) is 2.03. The van der Waals surface area contributed by atoms with Gasteiger partial charge in [-0.2, -0.15) is 13.2 Å². The lowest BCUT2D eigenvalue weighted by molar-refractivity contribution is -0.137. The number of hydrogen-bond acceptors (Lipinski definition) is 6. The zero-order chi connectivity index (χ0) is 23.3. The summed E-state index contributed by atoms with van der Waals surface area (Å²) in [5, 5.41) is 4.09. The first-order chi connectivity index (χ1) is 15.2. The topological polar surface area (TPSA) is 61.6 Å². The molecule has 0 spiro atoms. The molecule has 3 aromatic rings. The summed E-state index contributed by atoms with van der Waals surface area (Å²) in [6.07, 6.45) is -1.44. The first-order valence-corrected chi connectivity index (χ1v) is 10.4. The standard InChI is InChI=1S/C23H20F3NO4S/c1-14-18(27-31-22(14)16-6-8-17(9-7-16)23(24,25)26)13-32-20-10-4-15(12-19(20)29-2)5-11-21(28)30-3/h4-12H,13H2,1-3H3. The van der Waals surface area contributed by atoms with Crippen LogP contribution in [0.3, 0.4) is 0 Å². The molecule has 0 bridgehead atoms. The fourth-order valence-electron chi connectivity index (χ4n) is 2.87. The van der Waals surface area contributed by atoms with E-state index < -0.39 is 17.7 Å². The van der Waals surface area contributed by atoms with E-state index >= 15 is 0 Å². The Bertz CT molecular complexity index is 1120. The van der Waals surface area contributed by atoms with Crippen molar-refractivity contribution in [2.45, 2.75) is 23.7 Å². The fourth-order valence-corrected chi connectivity index (χ4v) is 3.88. The van der Waals surface area contributed by atoms with E-state index in [9.17, 15) is 18.0 Å². The number of hydrogen-bond donors (Lipinski definition) is 0. The maximum absolute atomic E-state index is 12.8. The van der Waals surface area contributed by atoms with Crippen LogP contribution in [0.15, 0.2) is 58.0 Å². The summed E-state index contributed by atoms with van der Waals surface area (Å²) in [6.45, 7) is 1.82. The predicted octanol–water partition coefficient (Wildman–Crippen LogP) is 6.16. The smallest absolute Gasteiger partial charge is 0.416 e. The lowest BCUT2D eigenvalue weighted by Gasteiger charge is -2.09. The molecule has 0 atom stereocenters. The number of alkyl halides is 3. The Hall–Kier alpha value is -3.20. The summed E-state index contributed by atoms with van der Waals surface area (Å²) in [5.74, 6) is 1.09. The lowest BCUT2D eigenvalue weighted by atomic mass is 10.1. The third-order valence-corrected chi connectivity index (χ3v) is 5.73. The average Bonchev–Trinajstić information content (AvgIpc) is 3.15. The summed E-state index contributed by atoms with van der Waals surface area (Å²) in [4.78, 5) is 12.1. The molecule has 0 unspecified atom stereocenters. The van der Waals surface area contributed by atoms with Gasteiger partial charge < -0.3 is 14.0 Å². The van der Waals surface area contributed by atoms with Crippen LogP contribution < -0.4 is 4.74 Å². The zero-order valence-electron chi connectivity index (χ0n) is 17.5. The van der Waals surface area contributed by atoms with Gasteiger partial charge in [0, 0.05) is 27.9 Å². The molecule has 1 heterocycles. The van der Waals surface area contributed by atoms with Gasteiger partial charge in [0.15, 0.2) is 5.76 Å². The number of halogens is 3. The minimum atomic E-state index is -4.39. The van der Waals surface area contributed by atoms with E-state index in [2.05, 4.69) is 9.89 Å².